The summed E-state index contributed by atoms with van der Waals surface area (Å²) in [5.41, 5.74) is 1.32. The number of carbonyl (C=O) groups is 1. The van der Waals surface area contributed by atoms with E-state index in [1.807, 2.05) is 16.7 Å². The molecule has 150 valence electrons. The molecule has 7 nitrogen and oxygen atoms in total. The second-order valence-electron chi connectivity index (χ2n) is 7.60. The molecule has 1 saturated heterocycles. The molecule has 2 fully saturated rings. The Morgan fingerprint density at radius 3 is 2.89 bits per heavy atom. The molecule has 4 rings (SSSR count). The summed E-state index contributed by atoms with van der Waals surface area (Å²) < 4.78 is 7.87. The molecule has 1 unspecified atom stereocenters. The zero-order valence-corrected chi connectivity index (χ0v) is 16.2. The van der Waals surface area contributed by atoms with Crippen LogP contribution in [0.25, 0.3) is 10.9 Å². The zero-order chi connectivity index (χ0) is 19.7. The number of pyridine rings is 1. The lowest BCUT2D eigenvalue weighted by molar-refractivity contribution is 0.0356. The number of nitrogens with zero attached hydrogens (tertiary/aromatic N) is 2. The molecule has 1 saturated carbocycles. The van der Waals surface area contributed by atoms with Gasteiger partial charge in [0.15, 0.2) is 0 Å². The smallest absolute Gasteiger partial charge is 0.341 e. The van der Waals surface area contributed by atoms with Crippen LogP contribution in [0.15, 0.2) is 29.2 Å². The predicted octanol–water partition coefficient (Wildman–Crippen LogP) is 2.24. The standard InChI is InChI=1S/C21H27N3O4/c1-2-22-8-7-16-12-23(9-10-28-16)15-5-6-17-19(11-15)24(14-3-4-14)13-18(20(17)25)21(26)27/h5-6,11,13-14,16,22H,2-4,7-10,12H2,1H3,(H,26,27). The molecule has 1 aromatic heterocycles. The van der Waals surface area contributed by atoms with Crippen molar-refractivity contribution in [2.45, 2.75) is 38.3 Å². The van der Waals surface area contributed by atoms with Crippen molar-refractivity contribution in [3.05, 3.63) is 40.2 Å². The van der Waals surface area contributed by atoms with Crippen molar-refractivity contribution in [3.63, 3.8) is 0 Å². The van der Waals surface area contributed by atoms with E-state index in [2.05, 4.69) is 17.1 Å². The minimum Gasteiger partial charge on any atom is -0.477 e. The summed E-state index contributed by atoms with van der Waals surface area (Å²) >= 11 is 0. The Labute approximate surface area is 163 Å². The normalized spacial score (nSPS) is 19.9. The molecular formula is C21H27N3O4. The van der Waals surface area contributed by atoms with Crippen molar-refractivity contribution in [3.8, 4) is 0 Å². The van der Waals surface area contributed by atoms with Gasteiger partial charge >= 0.3 is 5.97 Å². The Morgan fingerprint density at radius 2 is 2.18 bits per heavy atom. The molecular weight excluding hydrogens is 358 g/mol. The van der Waals surface area contributed by atoms with E-state index in [4.69, 9.17) is 4.74 Å². The maximum absolute atomic E-state index is 12.6. The van der Waals surface area contributed by atoms with Gasteiger partial charge in [0.2, 0.25) is 5.43 Å². The third kappa shape index (κ3) is 3.77. The molecule has 2 N–H and O–H groups in total. The Balaban J connectivity index is 1.66. The number of anilines is 1. The SMILES string of the molecule is CCNCCC1CN(c2ccc3c(=O)c(C(=O)O)cn(C4CC4)c3c2)CCO1. The molecule has 1 aromatic carbocycles. The summed E-state index contributed by atoms with van der Waals surface area (Å²) in [4.78, 5) is 26.4. The van der Waals surface area contributed by atoms with E-state index in [1.165, 1.54) is 6.20 Å². The highest BCUT2D eigenvalue weighted by Gasteiger charge is 2.27. The van der Waals surface area contributed by atoms with Gasteiger partial charge in [-0.1, -0.05) is 6.92 Å². The van der Waals surface area contributed by atoms with Crippen LogP contribution in [0.2, 0.25) is 0 Å². The molecule has 1 aliphatic heterocycles. The molecule has 0 radical (unpaired) electrons. The fourth-order valence-corrected chi connectivity index (χ4v) is 3.91. The second kappa shape index (κ2) is 7.93. The van der Waals surface area contributed by atoms with Crippen LogP contribution in [0, 0.1) is 0 Å². The number of hydrogen-bond acceptors (Lipinski definition) is 5. The molecule has 28 heavy (non-hydrogen) atoms. The molecule has 2 aromatic rings. The van der Waals surface area contributed by atoms with E-state index < -0.39 is 11.4 Å². The molecule has 7 heteroatoms. The van der Waals surface area contributed by atoms with Crippen molar-refractivity contribution in [2.75, 3.05) is 37.7 Å². The maximum atomic E-state index is 12.6. The van der Waals surface area contributed by atoms with Gasteiger partial charge in [-0.2, -0.15) is 0 Å². The van der Waals surface area contributed by atoms with Crippen LogP contribution in [0.3, 0.4) is 0 Å². The fourth-order valence-electron chi connectivity index (χ4n) is 3.91. The van der Waals surface area contributed by atoms with E-state index >= 15 is 0 Å². The Kier molecular flexibility index (Phi) is 5.37. The minimum absolute atomic E-state index is 0.151. The highest BCUT2D eigenvalue weighted by molar-refractivity contribution is 5.93. The van der Waals surface area contributed by atoms with E-state index in [0.717, 1.165) is 56.6 Å². The molecule has 1 atom stereocenters. The first-order valence-electron chi connectivity index (χ1n) is 10.1. The van der Waals surface area contributed by atoms with Crippen molar-refractivity contribution in [1.82, 2.24) is 9.88 Å². The lowest BCUT2D eigenvalue weighted by Crippen LogP contribution is -2.43. The topological polar surface area (TPSA) is 83.8 Å². The van der Waals surface area contributed by atoms with Gasteiger partial charge in [-0.25, -0.2) is 4.79 Å². The number of aromatic carboxylic acids is 1. The van der Waals surface area contributed by atoms with E-state index in [0.29, 0.717) is 12.0 Å². The van der Waals surface area contributed by atoms with E-state index in [1.54, 1.807) is 6.07 Å². The third-order valence-corrected chi connectivity index (χ3v) is 5.58. The summed E-state index contributed by atoms with van der Waals surface area (Å²) in [7, 11) is 0. The quantitative estimate of drug-likeness (QED) is 0.711. The van der Waals surface area contributed by atoms with Crippen molar-refractivity contribution in [2.24, 2.45) is 0 Å². The van der Waals surface area contributed by atoms with Gasteiger partial charge in [-0.3, -0.25) is 4.79 Å². The summed E-state index contributed by atoms with van der Waals surface area (Å²) in [6.07, 6.45) is 4.71. The predicted molar refractivity (Wildman–Crippen MR) is 109 cm³/mol. The van der Waals surface area contributed by atoms with Gasteiger partial charge in [0.1, 0.15) is 5.56 Å². The van der Waals surface area contributed by atoms with E-state index in [9.17, 15) is 14.7 Å². The largest absolute Gasteiger partial charge is 0.477 e. The molecule has 0 bridgehead atoms. The van der Waals surface area contributed by atoms with Gasteiger partial charge in [-0.15, -0.1) is 0 Å². The second-order valence-corrected chi connectivity index (χ2v) is 7.60. The van der Waals surface area contributed by atoms with Crippen LogP contribution < -0.4 is 15.6 Å². The number of carboxylic acids is 1. The lowest BCUT2D eigenvalue weighted by atomic mass is 10.1. The van der Waals surface area contributed by atoms with E-state index in [-0.39, 0.29) is 17.7 Å². The Morgan fingerprint density at radius 1 is 1.36 bits per heavy atom. The number of ether oxygens (including phenoxy) is 1. The summed E-state index contributed by atoms with van der Waals surface area (Å²) in [6, 6.07) is 6.03. The Bertz CT molecular complexity index is 935. The molecule has 2 aliphatic rings. The number of aromatic nitrogens is 1. The molecule has 2 heterocycles. The average molecular weight is 385 g/mol. The van der Waals surface area contributed by atoms with Crippen molar-refractivity contribution < 1.29 is 14.6 Å². The molecule has 0 amide bonds. The van der Waals surface area contributed by atoms with Crippen molar-refractivity contribution in [1.29, 1.82) is 0 Å². The van der Waals surface area contributed by atoms with Crippen molar-refractivity contribution >= 4 is 22.6 Å². The number of fused-ring (bicyclic) bond motifs is 1. The molecule has 1 aliphatic carbocycles. The van der Waals surface area contributed by atoms with Crippen LogP contribution >= 0.6 is 0 Å². The number of carboxylic acid groups (broad SMARTS) is 1. The first-order valence-corrected chi connectivity index (χ1v) is 10.1. The zero-order valence-electron chi connectivity index (χ0n) is 16.2. The lowest BCUT2D eigenvalue weighted by Gasteiger charge is -2.35. The first kappa shape index (κ1) is 19.0. The van der Waals surface area contributed by atoms with Crippen LogP contribution in [0.5, 0.6) is 0 Å². The summed E-state index contributed by atoms with van der Waals surface area (Å²) in [5, 5.41) is 13.2. The van der Waals surface area contributed by atoms with Crippen LogP contribution in [-0.2, 0) is 4.74 Å². The first-order chi connectivity index (χ1) is 13.6. The number of hydrogen-bond donors (Lipinski definition) is 2. The third-order valence-electron chi connectivity index (χ3n) is 5.58. The van der Waals surface area contributed by atoms with Gasteiger partial charge in [0.05, 0.1) is 18.2 Å². The summed E-state index contributed by atoms with van der Waals surface area (Å²) in [5.74, 6) is -1.16. The fraction of sp³-hybridized carbons (Fsp3) is 0.524. The number of nitrogens with one attached hydrogen (secondary N) is 1. The van der Waals surface area contributed by atoms with Gasteiger partial charge in [0.25, 0.3) is 0 Å². The minimum atomic E-state index is -1.16. The van der Waals surface area contributed by atoms with Gasteiger partial charge in [0, 0.05) is 36.4 Å². The van der Waals surface area contributed by atoms with Crippen LogP contribution in [0.4, 0.5) is 5.69 Å². The number of rotatable bonds is 7. The average Bonchev–Trinajstić information content (AvgIpc) is 3.53. The number of benzene rings is 1. The van der Waals surface area contributed by atoms with Gasteiger partial charge < -0.3 is 24.6 Å². The Hall–Kier alpha value is -2.38. The monoisotopic (exact) mass is 385 g/mol. The number of morpholine rings is 1. The highest BCUT2D eigenvalue weighted by atomic mass is 16.5. The molecule has 0 spiro atoms. The summed E-state index contributed by atoms with van der Waals surface area (Å²) in [6.45, 7) is 6.30. The maximum Gasteiger partial charge on any atom is 0.341 e. The highest BCUT2D eigenvalue weighted by Crippen LogP contribution is 2.37. The van der Waals surface area contributed by atoms with Crippen LogP contribution in [-0.4, -0.2) is 54.5 Å². The van der Waals surface area contributed by atoms with Gasteiger partial charge in [-0.05, 0) is 50.6 Å². The van der Waals surface area contributed by atoms with Crippen LogP contribution in [0.1, 0.15) is 42.6 Å².